The van der Waals surface area contributed by atoms with Gasteiger partial charge in [-0.2, -0.15) is 0 Å². The summed E-state index contributed by atoms with van der Waals surface area (Å²) in [4.78, 5) is 22.8. The van der Waals surface area contributed by atoms with Crippen molar-refractivity contribution in [2.24, 2.45) is 0 Å². The van der Waals surface area contributed by atoms with Gasteiger partial charge in [0.25, 0.3) is 0 Å². The first-order valence-electron chi connectivity index (χ1n) is 6.94. The summed E-state index contributed by atoms with van der Waals surface area (Å²) in [6.07, 6.45) is 1.51. The van der Waals surface area contributed by atoms with E-state index >= 15 is 0 Å². The van der Waals surface area contributed by atoms with Gasteiger partial charge in [-0.3, -0.25) is 0 Å². The van der Waals surface area contributed by atoms with Crippen molar-refractivity contribution < 1.29 is 19.1 Å². The molecule has 5 nitrogen and oxygen atoms in total. The van der Waals surface area contributed by atoms with Crippen LogP contribution in [0.3, 0.4) is 0 Å². The van der Waals surface area contributed by atoms with Gasteiger partial charge in [-0.25, -0.2) is 4.79 Å². The molecule has 0 saturated heterocycles. The summed E-state index contributed by atoms with van der Waals surface area (Å²) in [5.74, 6) is -0.898. The third kappa shape index (κ3) is 2.18. The summed E-state index contributed by atoms with van der Waals surface area (Å²) in [5, 5.41) is 11.7. The third-order valence-electron chi connectivity index (χ3n) is 3.98. The molecule has 0 aliphatic heterocycles. The zero-order valence-electron chi connectivity index (χ0n) is 11.9. The Labute approximate surface area is 121 Å². The Balaban J connectivity index is 2.16. The summed E-state index contributed by atoms with van der Waals surface area (Å²) < 4.78 is 10.8. The molecular formula is C16H15O5-. The minimum absolute atomic E-state index is 0.303. The van der Waals surface area contributed by atoms with Gasteiger partial charge in [-0.15, -0.1) is 0 Å². The van der Waals surface area contributed by atoms with Crippen LogP contribution < -0.4 is 15.5 Å². The molecule has 0 bridgehead atoms. The zero-order chi connectivity index (χ0) is 15.1. The number of rotatable bonds is 3. The molecule has 1 aliphatic rings. The number of fused-ring (bicyclic) bond motifs is 3. The van der Waals surface area contributed by atoms with E-state index in [1.807, 2.05) is 6.07 Å². The maximum absolute atomic E-state index is 12.0. The monoisotopic (exact) mass is 287 g/mol. The molecule has 5 heteroatoms. The van der Waals surface area contributed by atoms with Crippen molar-refractivity contribution in [3.8, 4) is 5.75 Å². The number of carboxylic acids is 1. The molecule has 0 N–H and O–H groups in total. The number of hydrogen-bond acceptors (Lipinski definition) is 5. The predicted octanol–water partition coefficient (Wildman–Crippen LogP) is 1.11. The second-order valence-electron chi connectivity index (χ2n) is 5.34. The number of hydrogen-bond donors (Lipinski definition) is 0. The summed E-state index contributed by atoms with van der Waals surface area (Å²) in [6, 6.07) is 3.54. The van der Waals surface area contributed by atoms with E-state index in [-0.39, 0.29) is 5.63 Å². The van der Waals surface area contributed by atoms with Gasteiger partial charge in [-0.05, 0) is 50.8 Å². The molecule has 1 heterocycles. The molecule has 0 fully saturated rings. The molecule has 0 amide bonds. The molecule has 1 aromatic heterocycles. The van der Waals surface area contributed by atoms with Crippen LogP contribution in [-0.4, -0.2) is 12.1 Å². The van der Waals surface area contributed by atoms with Gasteiger partial charge in [-0.1, -0.05) is 0 Å². The van der Waals surface area contributed by atoms with Crippen molar-refractivity contribution in [1.29, 1.82) is 0 Å². The molecular weight excluding hydrogens is 272 g/mol. The second kappa shape index (κ2) is 4.91. The van der Waals surface area contributed by atoms with Gasteiger partial charge in [0.2, 0.25) is 0 Å². The van der Waals surface area contributed by atoms with E-state index in [2.05, 4.69) is 0 Å². The van der Waals surface area contributed by atoms with Gasteiger partial charge in [0.15, 0.2) is 0 Å². The number of benzene rings is 1. The minimum Gasteiger partial charge on any atom is -0.546 e. The van der Waals surface area contributed by atoms with E-state index in [0.717, 1.165) is 35.8 Å². The summed E-state index contributed by atoms with van der Waals surface area (Å²) >= 11 is 0. The molecule has 3 rings (SSSR count). The molecule has 0 unspecified atom stereocenters. The highest BCUT2D eigenvalue weighted by Gasteiger charge is 2.21. The molecule has 110 valence electrons. The Morgan fingerprint density at radius 3 is 2.76 bits per heavy atom. The fourth-order valence-corrected chi connectivity index (χ4v) is 2.83. The Morgan fingerprint density at radius 2 is 2.05 bits per heavy atom. The first kappa shape index (κ1) is 13.7. The number of ether oxygens (including phenoxy) is 1. The van der Waals surface area contributed by atoms with Crippen molar-refractivity contribution in [3.63, 3.8) is 0 Å². The normalized spacial score (nSPS) is 15.0. The molecule has 0 radical (unpaired) electrons. The highest BCUT2D eigenvalue weighted by Crippen LogP contribution is 2.33. The van der Waals surface area contributed by atoms with E-state index in [1.165, 1.54) is 6.92 Å². The van der Waals surface area contributed by atoms with Crippen LogP contribution >= 0.6 is 0 Å². The van der Waals surface area contributed by atoms with Crippen LogP contribution in [0.2, 0.25) is 0 Å². The maximum atomic E-state index is 12.0. The molecule has 21 heavy (non-hydrogen) atoms. The van der Waals surface area contributed by atoms with Crippen LogP contribution in [0.4, 0.5) is 0 Å². The number of carboxylic acid groups (broad SMARTS) is 1. The van der Waals surface area contributed by atoms with Crippen LogP contribution in [-0.2, 0) is 17.6 Å². The van der Waals surface area contributed by atoms with Gasteiger partial charge < -0.3 is 19.1 Å². The molecule has 0 saturated carbocycles. The lowest BCUT2D eigenvalue weighted by atomic mass is 10.0. The summed E-state index contributed by atoms with van der Waals surface area (Å²) in [5.41, 5.74) is 2.61. The lowest BCUT2D eigenvalue weighted by Gasteiger charge is -2.18. The van der Waals surface area contributed by atoms with Crippen LogP contribution in [0, 0.1) is 6.92 Å². The Kier molecular flexibility index (Phi) is 3.20. The Bertz CT molecular complexity index is 787. The first-order chi connectivity index (χ1) is 9.99. The van der Waals surface area contributed by atoms with E-state index in [0.29, 0.717) is 16.9 Å². The molecule has 1 aromatic carbocycles. The average molecular weight is 287 g/mol. The molecule has 1 atom stereocenters. The number of carbonyl (C=O) groups is 1. The summed E-state index contributed by atoms with van der Waals surface area (Å²) in [7, 11) is 0. The van der Waals surface area contributed by atoms with E-state index in [9.17, 15) is 14.7 Å². The van der Waals surface area contributed by atoms with Gasteiger partial charge in [0, 0.05) is 16.5 Å². The predicted molar refractivity (Wildman–Crippen MR) is 74.3 cm³/mol. The SMILES string of the molecule is Cc1c(O[C@@H](C)C(=O)[O-])ccc2c3c(c(=O)oc12)CCC3. The third-order valence-corrected chi connectivity index (χ3v) is 3.98. The van der Waals surface area contributed by atoms with Gasteiger partial charge >= 0.3 is 5.63 Å². The van der Waals surface area contributed by atoms with Gasteiger partial charge in [0.05, 0.1) is 5.97 Å². The van der Waals surface area contributed by atoms with Crippen molar-refractivity contribution in [2.45, 2.75) is 39.2 Å². The largest absolute Gasteiger partial charge is 0.546 e. The van der Waals surface area contributed by atoms with Crippen molar-refractivity contribution in [3.05, 3.63) is 39.2 Å². The average Bonchev–Trinajstić information content (AvgIpc) is 2.92. The quantitative estimate of drug-likeness (QED) is 0.790. The minimum atomic E-state index is -1.29. The van der Waals surface area contributed by atoms with E-state index < -0.39 is 12.1 Å². The Hall–Kier alpha value is -2.30. The van der Waals surface area contributed by atoms with Crippen LogP contribution in [0.5, 0.6) is 5.75 Å². The van der Waals surface area contributed by atoms with Crippen LogP contribution in [0.1, 0.15) is 30.0 Å². The van der Waals surface area contributed by atoms with E-state index in [4.69, 9.17) is 9.15 Å². The second-order valence-corrected chi connectivity index (χ2v) is 5.34. The smallest absolute Gasteiger partial charge is 0.339 e. The maximum Gasteiger partial charge on any atom is 0.339 e. The van der Waals surface area contributed by atoms with Gasteiger partial charge in [0.1, 0.15) is 17.4 Å². The standard InChI is InChI=1S/C16H16O5/c1-8-13(20-9(2)15(17)18)7-6-11-10-4-3-5-12(10)16(19)21-14(8)11/h6-7,9H,3-5H2,1-2H3,(H,17,18)/p-1/t9-/m0/s1. The lowest BCUT2D eigenvalue weighted by Crippen LogP contribution is -2.37. The zero-order valence-corrected chi connectivity index (χ0v) is 11.9. The number of aryl methyl sites for hydroxylation is 2. The fraction of sp³-hybridized carbons (Fsp3) is 0.375. The molecule has 1 aliphatic carbocycles. The van der Waals surface area contributed by atoms with Crippen LogP contribution in [0.15, 0.2) is 21.3 Å². The molecule has 0 spiro atoms. The van der Waals surface area contributed by atoms with Crippen LogP contribution in [0.25, 0.3) is 11.0 Å². The lowest BCUT2D eigenvalue weighted by molar-refractivity contribution is -0.312. The highest BCUT2D eigenvalue weighted by molar-refractivity contribution is 5.86. The van der Waals surface area contributed by atoms with E-state index in [1.54, 1.807) is 13.0 Å². The topological polar surface area (TPSA) is 79.6 Å². The Morgan fingerprint density at radius 1 is 1.33 bits per heavy atom. The molecule has 2 aromatic rings. The van der Waals surface area contributed by atoms with Crippen molar-refractivity contribution >= 4 is 16.9 Å². The van der Waals surface area contributed by atoms with Crippen molar-refractivity contribution in [1.82, 2.24) is 0 Å². The highest BCUT2D eigenvalue weighted by atomic mass is 16.5. The number of carbonyl (C=O) groups excluding carboxylic acids is 1. The first-order valence-corrected chi connectivity index (χ1v) is 6.94. The fourth-order valence-electron chi connectivity index (χ4n) is 2.83. The van der Waals surface area contributed by atoms with Crippen molar-refractivity contribution in [2.75, 3.05) is 0 Å². The summed E-state index contributed by atoms with van der Waals surface area (Å²) in [6.45, 7) is 3.15. The number of aliphatic carboxylic acids is 1.